The molecule has 0 atom stereocenters. The molecule has 0 fully saturated rings. The molecule has 0 radical (unpaired) electrons. The van der Waals surface area contributed by atoms with E-state index >= 15 is 0 Å². The number of rotatable bonds is 5. The van der Waals surface area contributed by atoms with Crippen molar-refractivity contribution in [2.24, 2.45) is 5.41 Å². The Labute approximate surface area is 101 Å². The lowest BCUT2D eigenvalue weighted by Gasteiger charge is -2.23. The van der Waals surface area contributed by atoms with Crippen molar-refractivity contribution in [3.63, 3.8) is 0 Å². The summed E-state index contributed by atoms with van der Waals surface area (Å²) < 4.78 is 0. The average Bonchev–Trinajstić information content (AvgIpc) is 2.32. The summed E-state index contributed by atoms with van der Waals surface area (Å²) in [6, 6.07) is 0. The second-order valence-corrected chi connectivity index (χ2v) is 4.06. The summed E-state index contributed by atoms with van der Waals surface area (Å²) in [5, 5.41) is 42.3. The van der Waals surface area contributed by atoms with E-state index in [9.17, 15) is 4.79 Å². The van der Waals surface area contributed by atoms with Crippen molar-refractivity contribution in [3.05, 3.63) is 11.1 Å². The van der Waals surface area contributed by atoms with Crippen molar-refractivity contribution in [1.29, 1.82) is 0 Å². The Morgan fingerprint density at radius 2 is 1.18 bits per heavy atom. The van der Waals surface area contributed by atoms with Gasteiger partial charge in [0.2, 0.25) is 0 Å². The summed E-state index contributed by atoms with van der Waals surface area (Å²) in [5.41, 5.74) is 0.183. The van der Waals surface area contributed by atoms with Crippen LogP contribution in [0.4, 0.5) is 0 Å². The van der Waals surface area contributed by atoms with Crippen LogP contribution in [0.3, 0.4) is 0 Å². The van der Waals surface area contributed by atoms with E-state index in [-0.39, 0.29) is 0 Å². The lowest BCUT2D eigenvalue weighted by atomic mass is 9.93. The Morgan fingerprint density at radius 1 is 0.882 bits per heavy atom. The smallest absolute Gasteiger partial charge is 0.331 e. The average molecular weight is 250 g/mol. The van der Waals surface area contributed by atoms with Gasteiger partial charge in [-0.15, -0.1) is 0 Å². The molecule has 0 aromatic rings. The molecule has 0 aliphatic rings. The molecule has 0 aromatic carbocycles. The molecule has 0 aromatic heterocycles. The number of carboxylic acid groups (broad SMARTS) is 1. The third-order valence-corrected chi connectivity index (χ3v) is 2.41. The Kier molecular flexibility index (Phi) is 9.88. The second kappa shape index (κ2) is 9.12. The maximum atomic E-state index is 10.1. The Hall–Kier alpha value is -0.950. The van der Waals surface area contributed by atoms with E-state index in [1.807, 2.05) is 0 Å². The van der Waals surface area contributed by atoms with Crippen molar-refractivity contribution in [2.45, 2.75) is 20.8 Å². The number of aliphatic carboxylic acids is 1. The van der Waals surface area contributed by atoms with Crippen LogP contribution in [0.25, 0.3) is 0 Å². The standard InChI is InChI=1S/C6H10O2.C5H12O4/c1-4(2)5(3)6(7)8;6-1-5(2-7,3-8)4-9/h1-3H3,(H,7,8);6-9H,1-4H2. The number of allylic oxidation sites excluding steroid dienone is 1. The minimum absolute atomic E-state index is 0.406. The van der Waals surface area contributed by atoms with Crippen LogP contribution in [0.15, 0.2) is 11.1 Å². The minimum Gasteiger partial charge on any atom is -0.478 e. The molecule has 0 heterocycles. The molecule has 0 saturated heterocycles. The van der Waals surface area contributed by atoms with Gasteiger partial charge in [0.1, 0.15) is 0 Å². The summed E-state index contributed by atoms with van der Waals surface area (Å²) in [6.45, 7) is 3.53. The van der Waals surface area contributed by atoms with Gasteiger partial charge >= 0.3 is 5.97 Å². The van der Waals surface area contributed by atoms with Crippen LogP contribution in [-0.2, 0) is 4.79 Å². The van der Waals surface area contributed by atoms with Gasteiger partial charge in [0.15, 0.2) is 0 Å². The highest BCUT2D eigenvalue weighted by Gasteiger charge is 2.26. The first-order valence-electron chi connectivity index (χ1n) is 5.11. The fourth-order valence-electron chi connectivity index (χ4n) is 0.514. The molecule has 0 aliphatic heterocycles. The van der Waals surface area contributed by atoms with Crippen molar-refractivity contribution in [2.75, 3.05) is 26.4 Å². The number of aliphatic hydroxyl groups excluding tert-OH is 4. The zero-order chi connectivity index (χ0) is 14.1. The number of carbonyl (C=O) groups is 1. The van der Waals surface area contributed by atoms with E-state index in [2.05, 4.69) is 0 Å². The first-order valence-corrected chi connectivity index (χ1v) is 5.11. The monoisotopic (exact) mass is 250 g/mol. The van der Waals surface area contributed by atoms with Crippen molar-refractivity contribution in [3.8, 4) is 0 Å². The predicted octanol–water partition coefficient (Wildman–Crippen LogP) is -0.631. The van der Waals surface area contributed by atoms with Gasteiger partial charge in [-0.1, -0.05) is 5.57 Å². The number of carboxylic acids is 1. The Bertz CT molecular complexity index is 233. The summed E-state index contributed by atoms with van der Waals surface area (Å²) in [5.74, 6) is -0.829. The molecule has 6 nitrogen and oxygen atoms in total. The van der Waals surface area contributed by atoms with Crippen LogP contribution < -0.4 is 0 Å². The fourth-order valence-corrected chi connectivity index (χ4v) is 0.514. The van der Waals surface area contributed by atoms with Gasteiger partial charge in [-0.05, 0) is 20.8 Å². The van der Waals surface area contributed by atoms with Crippen LogP contribution in [0.1, 0.15) is 20.8 Å². The predicted molar refractivity (Wildman–Crippen MR) is 62.5 cm³/mol. The quantitative estimate of drug-likeness (QED) is 0.415. The summed E-state index contributed by atoms with van der Waals surface area (Å²) in [4.78, 5) is 10.1. The molecule has 0 unspecified atom stereocenters. The fraction of sp³-hybridized carbons (Fsp3) is 0.727. The zero-order valence-corrected chi connectivity index (χ0v) is 10.5. The molecule has 17 heavy (non-hydrogen) atoms. The van der Waals surface area contributed by atoms with E-state index < -0.39 is 37.8 Å². The number of hydrogen-bond donors (Lipinski definition) is 5. The van der Waals surface area contributed by atoms with Crippen LogP contribution in [-0.4, -0.2) is 57.9 Å². The highest BCUT2D eigenvalue weighted by Crippen LogP contribution is 2.11. The van der Waals surface area contributed by atoms with Gasteiger partial charge in [-0.3, -0.25) is 0 Å². The van der Waals surface area contributed by atoms with Gasteiger partial charge in [0, 0.05) is 5.57 Å². The molecule has 0 spiro atoms. The maximum Gasteiger partial charge on any atom is 0.331 e. The van der Waals surface area contributed by atoms with Gasteiger partial charge in [0.05, 0.1) is 31.8 Å². The van der Waals surface area contributed by atoms with E-state index in [0.717, 1.165) is 5.57 Å². The number of aliphatic hydroxyl groups is 4. The third kappa shape index (κ3) is 7.06. The molecule has 0 aliphatic carbocycles. The Balaban J connectivity index is 0. The highest BCUT2D eigenvalue weighted by atomic mass is 16.4. The minimum atomic E-state index is -1.11. The molecule has 0 rings (SSSR count). The third-order valence-electron chi connectivity index (χ3n) is 2.41. The molecule has 0 amide bonds. The van der Waals surface area contributed by atoms with Crippen LogP contribution in [0.2, 0.25) is 0 Å². The van der Waals surface area contributed by atoms with Crippen molar-refractivity contribution in [1.82, 2.24) is 0 Å². The second-order valence-electron chi connectivity index (χ2n) is 4.06. The molecule has 0 saturated carbocycles. The summed E-state index contributed by atoms with van der Waals surface area (Å²) in [7, 11) is 0. The summed E-state index contributed by atoms with van der Waals surface area (Å²) >= 11 is 0. The first kappa shape index (κ1) is 18.4. The van der Waals surface area contributed by atoms with E-state index in [4.69, 9.17) is 25.5 Å². The van der Waals surface area contributed by atoms with Crippen molar-refractivity contribution >= 4 is 5.97 Å². The lowest BCUT2D eigenvalue weighted by molar-refractivity contribution is -0.132. The normalized spacial score (nSPS) is 10.3. The van der Waals surface area contributed by atoms with Crippen LogP contribution in [0, 0.1) is 5.41 Å². The topological polar surface area (TPSA) is 118 Å². The van der Waals surface area contributed by atoms with Gasteiger partial charge in [-0.2, -0.15) is 0 Å². The largest absolute Gasteiger partial charge is 0.478 e. The molecular weight excluding hydrogens is 228 g/mol. The maximum absolute atomic E-state index is 10.1. The summed E-state index contributed by atoms with van der Waals surface area (Å²) in [6.07, 6.45) is 0. The lowest BCUT2D eigenvalue weighted by Crippen LogP contribution is -2.37. The van der Waals surface area contributed by atoms with E-state index in [0.29, 0.717) is 5.57 Å². The zero-order valence-electron chi connectivity index (χ0n) is 10.5. The van der Waals surface area contributed by atoms with E-state index in [1.165, 1.54) is 0 Å². The Morgan fingerprint density at radius 3 is 1.18 bits per heavy atom. The molecule has 0 bridgehead atoms. The highest BCUT2D eigenvalue weighted by molar-refractivity contribution is 5.86. The van der Waals surface area contributed by atoms with Gasteiger partial charge in [0.25, 0.3) is 0 Å². The molecule has 102 valence electrons. The first-order chi connectivity index (χ1) is 7.80. The van der Waals surface area contributed by atoms with Crippen LogP contribution in [0.5, 0.6) is 0 Å². The molecular formula is C11H22O6. The molecule has 6 heteroatoms. The van der Waals surface area contributed by atoms with Gasteiger partial charge < -0.3 is 25.5 Å². The number of hydrogen-bond acceptors (Lipinski definition) is 5. The van der Waals surface area contributed by atoms with Gasteiger partial charge in [-0.25, -0.2) is 4.79 Å². The van der Waals surface area contributed by atoms with Crippen LogP contribution >= 0.6 is 0 Å². The van der Waals surface area contributed by atoms with Crippen molar-refractivity contribution < 1.29 is 30.3 Å². The van der Waals surface area contributed by atoms with E-state index in [1.54, 1.807) is 20.8 Å². The SMILES string of the molecule is CC(C)=C(C)C(=O)O.OCC(CO)(CO)CO. The molecule has 5 N–H and O–H groups in total.